The topological polar surface area (TPSA) is 69.1 Å². The Kier molecular flexibility index (Phi) is 10.9. The van der Waals surface area contributed by atoms with Crippen molar-refractivity contribution in [3.63, 3.8) is 0 Å². The number of piperidine rings is 1. The van der Waals surface area contributed by atoms with Crippen LogP contribution in [0, 0.1) is 0 Å². The van der Waals surface area contributed by atoms with Gasteiger partial charge in [-0.25, -0.2) is 4.99 Å². The lowest BCUT2D eigenvalue weighted by atomic mass is 10.0. The van der Waals surface area contributed by atoms with Crippen LogP contribution in [0.5, 0.6) is 11.5 Å². The van der Waals surface area contributed by atoms with Gasteiger partial charge in [0.25, 0.3) is 0 Å². The number of phenolic OH excluding ortho intramolecular Hbond substituents is 1. The molecule has 1 aliphatic rings. The standard InChI is InChI=1S/C24H34N4O2.HI/c1-3-25-24(26-17-20-10-11-22(29)23(16-20)30-4-2)27-21-12-14-28(15-13-21)18-19-8-6-5-7-9-19;/h5-11,16,21,29H,3-4,12-15,17-18H2,1-2H3,(H2,25,26,27);1H. The minimum Gasteiger partial charge on any atom is -0.504 e. The molecular formula is C24H35IN4O2. The van der Waals surface area contributed by atoms with Crippen molar-refractivity contribution in [1.82, 2.24) is 15.5 Å². The number of benzene rings is 2. The first-order chi connectivity index (χ1) is 14.7. The number of aliphatic imine (C=N–C) groups is 1. The van der Waals surface area contributed by atoms with E-state index in [1.807, 2.05) is 19.1 Å². The average molecular weight is 538 g/mol. The number of guanidine groups is 1. The number of hydrogen-bond donors (Lipinski definition) is 3. The van der Waals surface area contributed by atoms with Crippen LogP contribution in [0.4, 0.5) is 0 Å². The summed E-state index contributed by atoms with van der Waals surface area (Å²) in [7, 11) is 0. The molecule has 0 unspecified atom stereocenters. The zero-order chi connectivity index (χ0) is 21.2. The molecule has 0 amide bonds. The van der Waals surface area contributed by atoms with Crippen LogP contribution < -0.4 is 15.4 Å². The maximum Gasteiger partial charge on any atom is 0.191 e. The smallest absolute Gasteiger partial charge is 0.191 e. The number of halogens is 1. The van der Waals surface area contributed by atoms with Gasteiger partial charge in [0.15, 0.2) is 17.5 Å². The van der Waals surface area contributed by atoms with Gasteiger partial charge in [-0.05, 0) is 49.9 Å². The van der Waals surface area contributed by atoms with E-state index in [0.717, 1.165) is 50.5 Å². The highest BCUT2D eigenvalue weighted by atomic mass is 127. The second-order valence-corrected chi connectivity index (χ2v) is 7.61. The minimum atomic E-state index is 0. The molecule has 3 N–H and O–H groups in total. The summed E-state index contributed by atoms with van der Waals surface area (Å²) in [4.78, 5) is 7.26. The lowest BCUT2D eigenvalue weighted by Gasteiger charge is -2.33. The van der Waals surface area contributed by atoms with E-state index in [0.29, 0.717) is 24.9 Å². The molecule has 31 heavy (non-hydrogen) atoms. The molecule has 0 aliphatic carbocycles. The van der Waals surface area contributed by atoms with E-state index in [1.165, 1.54) is 5.56 Å². The Morgan fingerprint density at radius 1 is 1.10 bits per heavy atom. The molecular weight excluding hydrogens is 503 g/mol. The van der Waals surface area contributed by atoms with Crippen molar-refractivity contribution in [1.29, 1.82) is 0 Å². The monoisotopic (exact) mass is 538 g/mol. The Morgan fingerprint density at radius 2 is 1.84 bits per heavy atom. The number of ether oxygens (including phenoxy) is 1. The summed E-state index contributed by atoms with van der Waals surface area (Å²) < 4.78 is 5.47. The molecule has 0 saturated carbocycles. The molecule has 0 atom stereocenters. The summed E-state index contributed by atoms with van der Waals surface area (Å²) in [6, 6.07) is 16.5. The number of rotatable bonds is 8. The van der Waals surface area contributed by atoms with E-state index in [4.69, 9.17) is 9.73 Å². The predicted molar refractivity (Wildman–Crippen MR) is 137 cm³/mol. The zero-order valence-electron chi connectivity index (χ0n) is 18.5. The van der Waals surface area contributed by atoms with E-state index < -0.39 is 0 Å². The molecule has 6 nitrogen and oxygen atoms in total. The summed E-state index contributed by atoms with van der Waals surface area (Å²) in [6.45, 7) is 9.04. The number of hydrogen-bond acceptors (Lipinski definition) is 4. The Morgan fingerprint density at radius 3 is 2.52 bits per heavy atom. The number of phenols is 1. The molecule has 2 aromatic rings. The first kappa shape index (κ1) is 25.3. The number of nitrogens with one attached hydrogen (secondary N) is 2. The molecule has 0 bridgehead atoms. The molecule has 1 aliphatic heterocycles. The highest BCUT2D eigenvalue weighted by molar-refractivity contribution is 14.0. The van der Waals surface area contributed by atoms with Gasteiger partial charge >= 0.3 is 0 Å². The van der Waals surface area contributed by atoms with Crippen molar-refractivity contribution in [3.05, 3.63) is 59.7 Å². The molecule has 1 fully saturated rings. The molecule has 1 saturated heterocycles. The van der Waals surface area contributed by atoms with E-state index >= 15 is 0 Å². The molecule has 170 valence electrons. The van der Waals surface area contributed by atoms with Gasteiger partial charge in [0, 0.05) is 32.2 Å². The van der Waals surface area contributed by atoms with Crippen molar-refractivity contribution in [2.75, 3.05) is 26.2 Å². The van der Waals surface area contributed by atoms with Crippen LogP contribution in [0.3, 0.4) is 0 Å². The van der Waals surface area contributed by atoms with E-state index in [2.05, 4.69) is 52.8 Å². The van der Waals surface area contributed by atoms with Crippen LogP contribution in [0.1, 0.15) is 37.8 Å². The lowest BCUT2D eigenvalue weighted by molar-refractivity contribution is 0.198. The fourth-order valence-electron chi connectivity index (χ4n) is 3.69. The molecule has 2 aromatic carbocycles. The van der Waals surface area contributed by atoms with Crippen LogP contribution in [0.25, 0.3) is 0 Å². The first-order valence-corrected chi connectivity index (χ1v) is 10.9. The second kappa shape index (κ2) is 13.4. The third-order valence-electron chi connectivity index (χ3n) is 5.27. The zero-order valence-corrected chi connectivity index (χ0v) is 20.8. The maximum absolute atomic E-state index is 9.87. The van der Waals surface area contributed by atoms with Crippen LogP contribution in [0.2, 0.25) is 0 Å². The first-order valence-electron chi connectivity index (χ1n) is 10.9. The fourth-order valence-corrected chi connectivity index (χ4v) is 3.69. The third-order valence-corrected chi connectivity index (χ3v) is 5.27. The van der Waals surface area contributed by atoms with E-state index in [-0.39, 0.29) is 29.7 Å². The summed E-state index contributed by atoms with van der Waals surface area (Å²) in [5.74, 6) is 1.51. The van der Waals surface area contributed by atoms with Gasteiger partial charge in [0.1, 0.15) is 0 Å². The number of nitrogens with zero attached hydrogens (tertiary/aromatic N) is 2. The Hall–Kier alpha value is -2.00. The van der Waals surface area contributed by atoms with E-state index in [9.17, 15) is 5.11 Å². The van der Waals surface area contributed by atoms with E-state index in [1.54, 1.807) is 6.07 Å². The van der Waals surface area contributed by atoms with Gasteiger partial charge in [-0.15, -0.1) is 24.0 Å². The average Bonchev–Trinajstić information content (AvgIpc) is 2.76. The van der Waals surface area contributed by atoms with Crippen molar-refractivity contribution >= 4 is 29.9 Å². The lowest BCUT2D eigenvalue weighted by Crippen LogP contribution is -2.48. The highest BCUT2D eigenvalue weighted by Gasteiger charge is 2.20. The quantitative estimate of drug-likeness (QED) is 0.268. The van der Waals surface area contributed by atoms with Gasteiger partial charge in [0.05, 0.1) is 13.2 Å². The van der Waals surface area contributed by atoms with Crippen LogP contribution in [0.15, 0.2) is 53.5 Å². The van der Waals surface area contributed by atoms with Gasteiger partial charge < -0.3 is 20.5 Å². The van der Waals surface area contributed by atoms with Crippen molar-refractivity contribution in [2.45, 2.75) is 45.8 Å². The van der Waals surface area contributed by atoms with Crippen molar-refractivity contribution in [2.24, 2.45) is 4.99 Å². The third kappa shape index (κ3) is 8.22. The summed E-state index contributed by atoms with van der Waals surface area (Å²) in [6.07, 6.45) is 2.20. The van der Waals surface area contributed by atoms with Crippen LogP contribution in [-0.2, 0) is 13.1 Å². The largest absolute Gasteiger partial charge is 0.504 e. The Bertz CT molecular complexity index is 808. The predicted octanol–water partition coefficient (Wildman–Crippen LogP) is 4.13. The second-order valence-electron chi connectivity index (χ2n) is 7.61. The molecule has 0 aromatic heterocycles. The number of likely N-dealkylation sites (tertiary alicyclic amines) is 1. The normalized spacial score (nSPS) is 15.2. The van der Waals surface area contributed by atoms with Gasteiger partial charge in [-0.1, -0.05) is 36.4 Å². The molecule has 0 spiro atoms. The van der Waals surface area contributed by atoms with Crippen LogP contribution >= 0.6 is 24.0 Å². The van der Waals surface area contributed by atoms with Crippen molar-refractivity contribution in [3.8, 4) is 11.5 Å². The Balaban J connectivity index is 0.00000341. The number of aromatic hydroxyl groups is 1. The Labute approximate surface area is 203 Å². The molecule has 7 heteroatoms. The van der Waals surface area contributed by atoms with Gasteiger partial charge in [-0.3, -0.25) is 4.90 Å². The fraction of sp³-hybridized carbons (Fsp3) is 0.458. The van der Waals surface area contributed by atoms with Gasteiger partial charge in [-0.2, -0.15) is 0 Å². The SMILES string of the molecule is CCNC(=NCc1ccc(O)c(OCC)c1)NC1CCN(Cc2ccccc2)CC1.I. The molecule has 3 rings (SSSR count). The summed E-state index contributed by atoms with van der Waals surface area (Å²) >= 11 is 0. The minimum absolute atomic E-state index is 0. The van der Waals surface area contributed by atoms with Crippen LogP contribution in [-0.4, -0.2) is 48.2 Å². The van der Waals surface area contributed by atoms with Gasteiger partial charge in [0.2, 0.25) is 0 Å². The molecule has 1 heterocycles. The summed E-state index contributed by atoms with van der Waals surface area (Å²) in [5.41, 5.74) is 2.38. The molecule has 0 radical (unpaired) electrons. The highest BCUT2D eigenvalue weighted by Crippen LogP contribution is 2.27. The maximum atomic E-state index is 9.87. The summed E-state index contributed by atoms with van der Waals surface area (Å²) in [5, 5.41) is 16.8. The van der Waals surface area contributed by atoms with Crippen molar-refractivity contribution < 1.29 is 9.84 Å².